The Hall–Kier alpha value is -3.85. The monoisotopic (exact) mass is 425 g/mol. The van der Waals surface area contributed by atoms with E-state index < -0.39 is 23.6 Å². The van der Waals surface area contributed by atoms with E-state index in [2.05, 4.69) is 15.8 Å². The Bertz CT molecular complexity index is 1080. The van der Waals surface area contributed by atoms with E-state index >= 15 is 0 Å². The number of amides is 2. The van der Waals surface area contributed by atoms with Crippen molar-refractivity contribution in [2.45, 2.75) is 0 Å². The minimum Gasteiger partial charge on any atom is -0.422 e. The van der Waals surface area contributed by atoms with Crippen LogP contribution in [0.4, 0.5) is 4.39 Å². The van der Waals surface area contributed by atoms with Gasteiger partial charge in [0.25, 0.3) is 11.8 Å². The van der Waals surface area contributed by atoms with Gasteiger partial charge >= 0.3 is 5.97 Å². The highest BCUT2D eigenvalue weighted by molar-refractivity contribution is 7.12. The molecule has 2 amide bonds. The van der Waals surface area contributed by atoms with Gasteiger partial charge in [-0.25, -0.2) is 14.6 Å². The number of nitrogens with zero attached hydrogens (tertiary/aromatic N) is 1. The van der Waals surface area contributed by atoms with Crippen molar-refractivity contribution in [1.82, 2.24) is 10.7 Å². The normalized spacial score (nSPS) is 10.6. The lowest BCUT2D eigenvalue weighted by Crippen LogP contribution is -2.35. The number of benzene rings is 2. The highest BCUT2D eigenvalue weighted by Crippen LogP contribution is 2.16. The number of ether oxygens (including phenoxy) is 1. The van der Waals surface area contributed by atoms with Gasteiger partial charge in [-0.1, -0.05) is 30.3 Å². The molecule has 2 aromatic carbocycles. The van der Waals surface area contributed by atoms with Crippen molar-refractivity contribution in [3.8, 4) is 5.75 Å². The van der Waals surface area contributed by atoms with Gasteiger partial charge in [-0.2, -0.15) is 5.10 Å². The lowest BCUT2D eigenvalue weighted by atomic mass is 10.2. The summed E-state index contributed by atoms with van der Waals surface area (Å²) < 4.78 is 18.8. The van der Waals surface area contributed by atoms with E-state index in [9.17, 15) is 18.8 Å². The number of rotatable bonds is 7. The van der Waals surface area contributed by atoms with Crippen LogP contribution in [0.1, 0.15) is 25.6 Å². The van der Waals surface area contributed by atoms with Crippen molar-refractivity contribution in [2.75, 3.05) is 6.54 Å². The van der Waals surface area contributed by atoms with E-state index in [4.69, 9.17) is 4.74 Å². The maximum Gasteiger partial charge on any atom is 0.353 e. The Labute approximate surface area is 175 Å². The van der Waals surface area contributed by atoms with Crippen molar-refractivity contribution in [1.29, 1.82) is 0 Å². The average Bonchev–Trinajstić information content (AvgIpc) is 3.28. The molecule has 9 heteroatoms. The standard InChI is InChI=1S/C21H16FN3O4S/c22-17-8-2-1-7-16(17)20(27)23-13-19(26)25-24-12-14-5-3-6-15(11-14)29-21(28)18-9-4-10-30-18/h1-12H,13H2,(H,23,27)(H,25,26). The summed E-state index contributed by atoms with van der Waals surface area (Å²) in [5, 5.41) is 7.88. The molecule has 3 aromatic rings. The zero-order valence-corrected chi connectivity index (χ0v) is 16.3. The Morgan fingerprint density at radius 3 is 2.67 bits per heavy atom. The molecular formula is C21H16FN3O4S. The smallest absolute Gasteiger partial charge is 0.353 e. The molecule has 1 heterocycles. The number of carbonyl (C=O) groups is 3. The fourth-order valence-corrected chi connectivity index (χ4v) is 2.93. The fraction of sp³-hybridized carbons (Fsp3) is 0.0476. The fourth-order valence-electron chi connectivity index (χ4n) is 2.33. The maximum absolute atomic E-state index is 13.5. The first kappa shape index (κ1) is 20.9. The molecule has 0 bridgehead atoms. The third-order valence-corrected chi connectivity index (χ3v) is 4.57. The quantitative estimate of drug-likeness (QED) is 0.263. The molecule has 0 saturated heterocycles. The number of hydrazone groups is 1. The molecule has 0 fully saturated rings. The van der Waals surface area contributed by atoms with Crippen LogP contribution >= 0.6 is 11.3 Å². The topological polar surface area (TPSA) is 96.9 Å². The molecule has 0 atom stereocenters. The molecule has 3 rings (SSSR count). The zero-order valence-electron chi connectivity index (χ0n) is 15.5. The van der Waals surface area contributed by atoms with Gasteiger partial charge in [-0.3, -0.25) is 9.59 Å². The summed E-state index contributed by atoms with van der Waals surface area (Å²) in [6, 6.07) is 15.5. The van der Waals surface area contributed by atoms with E-state index in [1.165, 1.54) is 35.8 Å². The highest BCUT2D eigenvalue weighted by atomic mass is 32.1. The molecule has 0 aliphatic rings. The average molecular weight is 425 g/mol. The molecule has 0 aliphatic heterocycles. The summed E-state index contributed by atoms with van der Waals surface area (Å²) in [4.78, 5) is 36.1. The highest BCUT2D eigenvalue weighted by Gasteiger charge is 2.12. The molecule has 0 saturated carbocycles. The number of esters is 1. The van der Waals surface area contributed by atoms with E-state index in [1.807, 2.05) is 0 Å². The summed E-state index contributed by atoms with van der Waals surface area (Å²) >= 11 is 1.28. The molecule has 1 aromatic heterocycles. The van der Waals surface area contributed by atoms with Crippen LogP contribution in [-0.4, -0.2) is 30.5 Å². The van der Waals surface area contributed by atoms with Gasteiger partial charge in [0.2, 0.25) is 0 Å². The van der Waals surface area contributed by atoms with Crippen molar-refractivity contribution in [2.24, 2.45) is 5.10 Å². The van der Waals surface area contributed by atoms with Gasteiger partial charge in [-0.05, 0) is 41.3 Å². The van der Waals surface area contributed by atoms with Crippen molar-refractivity contribution in [3.05, 3.63) is 87.9 Å². The molecule has 7 nitrogen and oxygen atoms in total. The Kier molecular flexibility index (Phi) is 7.01. The summed E-state index contributed by atoms with van der Waals surface area (Å²) in [7, 11) is 0. The number of thiophene rings is 1. The molecule has 0 radical (unpaired) electrons. The van der Waals surface area contributed by atoms with Crippen LogP contribution in [0.5, 0.6) is 5.75 Å². The first-order valence-corrected chi connectivity index (χ1v) is 9.61. The van der Waals surface area contributed by atoms with E-state index in [0.717, 1.165) is 6.07 Å². The predicted molar refractivity (Wildman–Crippen MR) is 110 cm³/mol. The maximum atomic E-state index is 13.5. The van der Waals surface area contributed by atoms with Crippen LogP contribution in [0, 0.1) is 5.82 Å². The van der Waals surface area contributed by atoms with Gasteiger partial charge < -0.3 is 10.1 Å². The number of hydrogen-bond donors (Lipinski definition) is 2. The summed E-state index contributed by atoms with van der Waals surface area (Å²) in [6.45, 7) is -0.372. The predicted octanol–water partition coefficient (Wildman–Crippen LogP) is 2.99. The Morgan fingerprint density at radius 1 is 1.07 bits per heavy atom. The van der Waals surface area contributed by atoms with Crippen LogP contribution in [0.2, 0.25) is 0 Å². The second-order valence-electron chi connectivity index (χ2n) is 5.90. The lowest BCUT2D eigenvalue weighted by Gasteiger charge is -2.05. The van der Waals surface area contributed by atoms with Crippen LogP contribution in [0.25, 0.3) is 0 Å². The summed E-state index contributed by atoms with van der Waals surface area (Å²) in [5.74, 6) is -2.09. The molecule has 0 unspecified atom stereocenters. The number of carbonyl (C=O) groups excluding carboxylic acids is 3. The van der Waals surface area contributed by atoms with Gasteiger partial charge in [-0.15, -0.1) is 11.3 Å². The van der Waals surface area contributed by atoms with E-state index in [1.54, 1.807) is 41.8 Å². The zero-order chi connectivity index (χ0) is 21.3. The first-order valence-electron chi connectivity index (χ1n) is 8.73. The summed E-state index contributed by atoms with van der Waals surface area (Å²) in [6.07, 6.45) is 1.36. The SMILES string of the molecule is O=C(CNC(=O)c1ccccc1F)NN=Cc1cccc(OC(=O)c2cccs2)c1. The van der Waals surface area contributed by atoms with Crippen molar-refractivity contribution >= 4 is 35.3 Å². The van der Waals surface area contributed by atoms with Crippen LogP contribution < -0.4 is 15.5 Å². The molecule has 30 heavy (non-hydrogen) atoms. The molecule has 152 valence electrons. The van der Waals surface area contributed by atoms with E-state index in [0.29, 0.717) is 16.2 Å². The number of hydrogen-bond acceptors (Lipinski definition) is 6. The van der Waals surface area contributed by atoms with Crippen molar-refractivity contribution < 1.29 is 23.5 Å². The van der Waals surface area contributed by atoms with Crippen LogP contribution in [0.3, 0.4) is 0 Å². The second-order valence-corrected chi connectivity index (χ2v) is 6.84. The largest absolute Gasteiger partial charge is 0.422 e. The second kappa shape index (κ2) is 10.1. The number of halogens is 1. The molecule has 0 spiro atoms. The third-order valence-electron chi connectivity index (χ3n) is 3.72. The van der Waals surface area contributed by atoms with Gasteiger partial charge in [0, 0.05) is 0 Å². The Balaban J connectivity index is 1.49. The molecule has 0 aliphatic carbocycles. The Morgan fingerprint density at radius 2 is 1.90 bits per heavy atom. The van der Waals surface area contributed by atoms with Gasteiger partial charge in [0.05, 0.1) is 18.3 Å². The minimum atomic E-state index is -0.701. The summed E-state index contributed by atoms with van der Waals surface area (Å²) in [5.41, 5.74) is 2.69. The minimum absolute atomic E-state index is 0.150. The van der Waals surface area contributed by atoms with Crippen LogP contribution in [-0.2, 0) is 4.79 Å². The lowest BCUT2D eigenvalue weighted by molar-refractivity contribution is -0.120. The van der Waals surface area contributed by atoms with E-state index in [-0.39, 0.29) is 12.1 Å². The molecule has 2 N–H and O–H groups in total. The van der Waals surface area contributed by atoms with Crippen molar-refractivity contribution in [3.63, 3.8) is 0 Å². The number of nitrogens with one attached hydrogen (secondary N) is 2. The third kappa shape index (κ3) is 5.82. The van der Waals surface area contributed by atoms with Gasteiger partial charge in [0.1, 0.15) is 16.4 Å². The molecular weight excluding hydrogens is 409 g/mol. The van der Waals surface area contributed by atoms with Gasteiger partial charge in [0.15, 0.2) is 0 Å². The first-order chi connectivity index (χ1) is 14.5. The van der Waals surface area contributed by atoms with Crippen LogP contribution in [0.15, 0.2) is 71.1 Å².